The van der Waals surface area contributed by atoms with Crippen LogP contribution in [0.25, 0.3) is 0 Å². The van der Waals surface area contributed by atoms with Crippen LogP contribution >= 0.6 is 0 Å². The zero-order valence-electron chi connectivity index (χ0n) is 14.9. The molecule has 0 radical (unpaired) electrons. The molecule has 1 aliphatic carbocycles. The monoisotopic (exact) mass is 334 g/mol. The highest BCUT2D eigenvalue weighted by Gasteiger charge is 2.18. The zero-order chi connectivity index (χ0) is 17.6. The Balaban J connectivity index is 0.000000157. The number of anilines is 1. The molecule has 2 N–H and O–H groups in total. The van der Waals surface area contributed by atoms with Crippen molar-refractivity contribution in [2.75, 3.05) is 11.9 Å². The highest BCUT2D eigenvalue weighted by Crippen LogP contribution is 2.34. The van der Waals surface area contributed by atoms with E-state index in [1.54, 1.807) is 6.07 Å². The van der Waals surface area contributed by atoms with Gasteiger partial charge in [-0.05, 0) is 73.1 Å². The van der Waals surface area contributed by atoms with Crippen LogP contribution in [0.3, 0.4) is 0 Å². The molecule has 2 aromatic carbocycles. The molecule has 0 unspecified atom stereocenters. The van der Waals surface area contributed by atoms with Gasteiger partial charge in [0.2, 0.25) is 0 Å². The third-order valence-corrected chi connectivity index (χ3v) is 5.17. The van der Waals surface area contributed by atoms with Crippen molar-refractivity contribution in [1.82, 2.24) is 0 Å². The van der Waals surface area contributed by atoms with E-state index in [1.165, 1.54) is 48.8 Å². The Morgan fingerprint density at radius 1 is 1.08 bits per heavy atom. The summed E-state index contributed by atoms with van der Waals surface area (Å²) in [4.78, 5) is 0. The van der Waals surface area contributed by atoms with Crippen LogP contribution < -0.4 is 5.32 Å². The first kappa shape index (κ1) is 17.4. The molecule has 130 valence electrons. The minimum atomic E-state index is 0.363. The number of aromatic hydroxyl groups is 1. The first-order chi connectivity index (χ1) is 12.2. The molecule has 1 fully saturated rings. The number of fused-ring (bicyclic) bond motifs is 1. The summed E-state index contributed by atoms with van der Waals surface area (Å²) < 4.78 is 0. The minimum Gasteiger partial charge on any atom is -0.508 e. The molecule has 3 heteroatoms. The van der Waals surface area contributed by atoms with Gasteiger partial charge in [-0.2, -0.15) is 5.26 Å². The Labute approximate surface area is 150 Å². The van der Waals surface area contributed by atoms with Gasteiger partial charge in [-0.15, -0.1) is 0 Å². The molecule has 0 spiro atoms. The van der Waals surface area contributed by atoms with Crippen molar-refractivity contribution in [3.05, 3.63) is 58.7 Å². The second kappa shape index (κ2) is 8.07. The van der Waals surface area contributed by atoms with Gasteiger partial charge in [-0.25, -0.2) is 0 Å². The van der Waals surface area contributed by atoms with Crippen LogP contribution in [0.2, 0.25) is 0 Å². The van der Waals surface area contributed by atoms with E-state index in [9.17, 15) is 0 Å². The molecule has 0 saturated heterocycles. The molecule has 0 atom stereocenters. The summed E-state index contributed by atoms with van der Waals surface area (Å²) in [6.45, 7) is 3.05. The molecule has 1 heterocycles. The van der Waals surface area contributed by atoms with Crippen LogP contribution in [0.5, 0.6) is 5.75 Å². The van der Waals surface area contributed by atoms with Crippen molar-refractivity contribution in [2.45, 2.75) is 51.4 Å². The number of hydrogen-bond donors (Lipinski definition) is 2. The fraction of sp³-hybridized carbons (Fsp3) is 0.409. The molecule has 0 bridgehead atoms. The molecule has 4 rings (SSSR count). The van der Waals surface area contributed by atoms with Crippen LogP contribution in [0, 0.1) is 18.3 Å². The zero-order valence-corrected chi connectivity index (χ0v) is 14.9. The van der Waals surface area contributed by atoms with Gasteiger partial charge in [-0.1, -0.05) is 31.4 Å². The van der Waals surface area contributed by atoms with Crippen LogP contribution in [-0.2, 0) is 6.42 Å². The molecule has 3 nitrogen and oxygen atoms in total. The van der Waals surface area contributed by atoms with Crippen molar-refractivity contribution in [1.29, 1.82) is 5.26 Å². The maximum Gasteiger partial charge on any atom is 0.116 e. The molecule has 0 aromatic heterocycles. The number of phenolic OH excluding ortho intramolecular Hbond substituents is 1. The molecular formula is C22H26N2O. The van der Waals surface area contributed by atoms with Crippen molar-refractivity contribution >= 4 is 5.69 Å². The fourth-order valence-corrected chi connectivity index (χ4v) is 3.83. The molecule has 1 aliphatic heterocycles. The summed E-state index contributed by atoms with van der Waals surface area (Å²) in [7, 11) is 0. The summed E-state index contributed by atoms with van der Waals surface area (Å²) >= 11 is 0. The number of aryl methyl sites for hydroxylation is 1. The molecule has 1 saturated carbocycles. The molecular weight excluding hydrogens is 308 g/mol. The van der Waals surface area contributed by atoms with E-state index in [1.807, 2.05) is 25.1 Å². The number of nitrogens with zero attached hydrogens (tertiary/aromatic N) is 1. The summed E-state index contributed by atoms with van der Waals surface area (Å²) in [6, 6.07) is 14.1. The van der Waals surface area contributed by atoms with Gasteiger partial charge in [0.05, 0.1) is 11.6 Å². The van der Waals surface area contributed by atoms with Crippen molar-refractivity contribution < 1.29 is 5.11 Å². The lowest BCUT2D eigenvalue weighted by Gasteiger charge is -2.22. The van der Waals surface area contributed by atoms with E-state index >= 15 is 0 Å². The van der Waals surface area contributed by atoms with Crippen molar-refractivity contribution in [2.24, 2.45) is 0 Å². The Morgan fingerprint density at radius 2 is 1.88 bits per heavy atom. The fourth-order valence-electron chi connectivity index (χ4n) is 3.83. The SMILES string of the molecule is Cc1ccc(C2CCCCC2)c(C#N)c1.Oc1ccc2c(c1)CCN2. The number of rotatable bonds is 1. The second-order valence-electron chi connectivity index (χ2n) is 7.06. The molecule has 2 aliphatic rings. The average molecular weight is 334 g/mol. The Morgan fingerprint density at radius 3 is 2.64 bits per heavy atom. The summed E-state index contributed by atoms with van der Waals surface area (Å²) in [5.74, 6) is 0.997. The highest BCUT2D eigenvalue weighted by molar-refractivity contribution is 5.57. The van der Waals surface area contributed by atoms with Gasteiger partial charge in [0.25, 0.3) is 0 Å². The van der Waals surface area contributed by atoms with Gasteiger partial charge < -0.3 is 10.4 Å². The topological polar surface area (TPSA) is 56.0 Å². The Kier molecular flexibility index (Phi) is 5.60. The maximum absolute atomic E-state index is 9.12. The Bertz CT molecular complexity index is 770. The summed E-state index contributed by atoms with van der Waals surface area (Å²) in [5, 5.41) is 21.4. The quantitative estimate of drug-likeness (QED) is 0.698. The van der Waals surface area contributed by atoms with Gasteiger partial charge in [0.15, 0.2) is 0 Å². The van der Waals surface area contributed by atoms with E-state index in [2.05, 4.69) is 23.5 Å². The third kappa shape index (κ3) is 4.33. The lowest BCUT2D eigenvalue weighted by Crippen LogP contribution is -2.06. The molecule has 25 heavy (non-hydrogen) atoms. The lowest BCUT2D eigenvalue weighted by molar-refractivity contribution is 0.443. The van der Waals surface area contributed by atoms with Gasteiger partial charge in [0.1, 0.15) is 5.75 Å². The number of nitrogens with one attached hydrogen (secondary N) is 1. The summed E-state index contributed by atoms with van der Waals surface area (Å²) in [5.41, 5.74) is 5.74. The van der Waals surface area contributed by atoms with Gasteiger partial charge in [-0.3, -0.25) is 0 Å². The number of benzene rings is 2. The number of phenols is 1. The van der Waals surface area contributed by atoms with Crippen LogP contribution in [0.1, 0.15) is 60.3 Å². The number of hydrogen-bond acceptors (Lipinski definition) is 3. The second-order valence-corrected chi connectivity index (χ2v) is 7.06. The first-order valence-corrected chi connectivity index (χ1v) is 9.24. The van der Waals surface area contributed by atoms with Crippen LogP contribution in [0.15, 0.2) is 36.4 Å². The number of nitriles is 1. The summed E-state index contributed by atoms with van der Waals surface area (Å²) in [6.07, 6.45) is 7.57. The standard InChI is InChI=1S/C14H17N.C8H9NO/c1-11-7-8-14(13(9-11)10-15)12-5-3-2-4-6-12;10-7-1-2-8-6(5-7)3-4-9-8/h7-9,12H,2-6H2,1H3;1-2,5,9-10H,3-4H2. The third-order valence-electron chi connectivity index (χ3n) is 5.17. The highest BCUT2D eigenvalue weighted by atomic mass is 16.3. The predicted molar refractivity (Wildman–Crippen MR) is 102 cm³/mol. The van der Waals surface area contributed by atoms with E-state index in [4.69, 9.17) is 10.4 Å². The van der Waals surface area contributed by atoms with Gasteiger partial charge >= 0.3 is 0 Å². The first-order valence-electron chi connectivity index (χ1n) is 9.24. The van der Waals surface area contributed by atoms with E-state index in [0.29, 0.717) is 11.7 Å². The largest absolute Gasteiger partial charge is 0.508 e. The van der Waals surface area contributed by atoms with Crippen molar-refractivity contribution in [3.8, 4) is 11.8 Å². The van der Waals surface area contributed by atoms with Crippen molar-refractivity contribution in [3.63, 3.8) is 0 Å². The normalized spacial score (nSPS) is 16.2. The lowest BCUT2D eigenvalue weighted by atomic mass is 9.82. The van der Waals surface area contributed by atoms with Gasteiger partial charge in [0, 0.05) is 12.2 Å². The van der Waals surface area contributed by atoms with E-state index < -0.39 is 0 Å². The smallest absolute Gasteiger partial charge is 0.116 e. The molecule has 0 amide bonds. The van der Waals surface area contributed by atoms with Crippen LogP contribution in [-0.4, -0.2) is 11.7 Å². The van der Waals surface area contributed by atoms with Crippen LogP contribution in [0.4, 0.5) is 5.69 Å². The van der Waals surface area contributed by atoms with E-state index in [0.717, 1.165) is 24.2 Å². The maximum atomic E-state index is 9.12. The Hall–Kier alpha value is -2.47. The molecule has 2 aromatic rings. The van der Waals surface area contributed by atoms with E-state index in [-0.39, 0.29) is 0 Å². The minimum absolute atomic E-state index is 0.363. The predicted octanol–water partition coefficient (Wildman–Crippen LogP) is 5.27. The average Bonchev–Trinajstić information content (AvgIpc) is 3.10.